The van der Waals surface area contributed by atoms with E-state index < -0.39 is 30.2 Å². The van der Waals surface area contributed by atoms with E-state index >= 15 is 0 Å². The van der Waals surface area contributed by atoms with E-state index in [1.54, 1.807) is 4.90 Å². The molecule has 2 aliphatic heterocycles. The molecule has 5 atom stereocenters. The van der Waals surface area contributed by atoms with Gasteiger partial charge < -0.3 is 31.1 Å². The van der Waals surface area contributed by atoms with Gasteiger partial charge in [0, 0.05) is 43.8 Å². The topological polar surface area (TPSA) is 182 Å². The maximum absolute atomic E-state index is 11.8. The number of benzene rings is 3. The minimum absolute atomic E-state index is 0.0620. The zero-order valence-electron chi connectivity index (χ0n) is 29.1. The number of hydrogen-bond donors (Lipinski definition) is 5. The van der Waals surface area contributed by atoms with Gasteiger partial charge in [0.1, 0.15) is 0 Å². The third-order valence-corrected chi connectivity index (χ3v) is 8.65. The molecule has 0 radical (unpaired) electrons. The Morgan fingerprint density at radius 1 is 0.800 bits per heavy atom. The van der Waals surface area contributed by atoms with Crippen LogP contribution in [0.5, 0.6) is 0 Å². The predicted octanol–water partition coefficient (Wildman–Crippen LogP) is 5.55. The van der Waals surface area contributed by atoms with Gasteiger partial charge in [-0.15, -0.1) is 0 Å². The summed E-state index contributed by atoms with van der Waals surface area (Å²) in [6, 6.07) is 30.9. The summed E-state index contributed by atoms with van der Waals surface area (Å²) in [5, 5.41) is 34.1. The first-order chi connectivity index (χ1) is 23.7. The number of rotatable bonds is 10. The van der Waals surface area contributed by atoms with Gasteiger partial charge in [-0.05, 0) is 56.3 Å². The number of aliphatic hydroxyl groups excluding tert-OH is 1. The molecule has 6 N–H and O–H groups in total. The number of nitrogens with two attached hydrogens (primary N) is 1. The van der Waals surface area contributed by atoms with Crippen LogP contribution >= 0.6 is 0 Å². The number of carboxylic acids is 3. The number of carboxylic acid groups (broad SMARTS) is 3. The fourth-order valence-electron chi connectivity index (χ4n) is 5.50. The fraction of sp³-hybridized carbons (Fsp3) is 0.385. The number of hydrogen-bond acceptors (Lipinski definition) is 7. The van der Waals surface area contributed by atoms with Crippen LogP contribution in [-0.2, 0) is 19.2 Å². The lowest BCUT2D eigenvalue weighted by Crippen LogP contribution is -2.29. The van der Waals surface area contributed by atoms with E-state index in [9.17, 15) is 19.2 Å². The summed E-state index contributed by atoms with van der Waals surface area (Å²) >= 11 is 0. The number of aliphatic carboxylic acids is 3. The monoisotopic (exact) mass is 689 g/mol. The van der Waals surface area contributed by atoms with E-state index in [0.717, 1.165) is 25.1 Å². The minimum atomic E-state index is -1.27. The number of nitrogens with zero attached hydrogens (tertiary/aromatic N) is 2. The van der Waals surface area contributed by atoms with E-state index in [1.165, 1.54) is 11.1 Å². The summed E-state index contributed by atoms with van der Waals surface area (Å²) in [6.07, 6.45) is 0.746. The molecule has 2 fully saturated rings. The van der Waals surface area contributed by atoms with E-state index in [0.29, 0.717) is 25.1 Å². The van der Waals surface area contributed by atoms with E-state index in [2.05, 4.69) is 48.7 Å². The van der Waals surface area contributed by atoms with Crippen molar-refractivity contribution >= 4 is 23.8 Å². The van der Waals surface area contributed by atoms with Crippen LogP contribution < -0.4 is 5.73 Å². The van der Waals surface area contributed by atoms with E-state index in [-0.39, 0.29) is 30.0 Å². The number of aliphatic hydroxyl groups is 1. The molecule has 2 saturated heterocycles. The normalized spacial score (nSPS) is 18.5. The molecular formula is C39H51N3O8. The first kappa shape index (κ1) is 41.3. The molecule has 270 valence electrons. The quantitative estimate of drug-likeness (QED) is 0.169. The number of carbonyl (C=O) groups is 4. The Morgan fingerprint density at radius 2 is 1.28 bits per heavy atom. The molecule has 0 aliphatic carbocycles. The maximum atomic E-state index is 11.8. The van der Waals surface area contributed by atoms with Gasteiger partial charge in [-0.25, -0.2) is 4.79 Å². The lowest BCUT2D eigenvalue weighted by atomic mass is 10.1. The Labute approximate surface area is 294 Å². The summed E-state index contributed by atoms with van der Waals surface area (Å²) < 4.78 is 0. The Bertz CT molecular complexity index is 1500. The lowest BCUT2D eigenvalue weighted by molar-refractivity contribution is -0.141. The lowest BCUT2D eigenvalue weighted by Gasteiger charge is -2.24. The highest BCUT2D eigenvalue weighted by atomic mass is 16.4. The van der Waals surface area contributed by atoms with Gasteiger partial charge in [0.05, 0.1) is 18.4 Å². The van der Waals surface area contributed by atoms with Crippen LogP contribution in [-0.4, -0.2) is 80.3 Å². The number of amides is 1. The van der Waals surface area contributed by atoms with Crippen molar-refractivity contribution in [2.45, 2.75) is 58.2 Å². The second-order valence-corrected chi connectivity index (χ2v) is 12.5. The van der Waals surface area contributed by atoms with E-state index in [1.807, 2.05) is 74.5 Å². The molecule has 0 aromatic heterocycles. The maximum Gasteiger partial charge on any atom is 0.331 e. The predicted molar refractivity (Wildman–Crippen MR) is 192 cm³/mol. The second-order valence-electron chi connectivity index (χ2n) is 12.5. The molecule has 50 heavy (non-hydrogen) atoms. The molecule has 11 heteroatoms. The summed E-state index contributed by atoms with van der Waals surface area (Å²) in [5.74, 6) is -3.49. The van der Waals surface area contributed by atoms with Crippen molar-refractivity contribution in [2.75, 3.05) is 26.2 Å². The average molecular weight is 690 g/mol. The summed E-state index contributed by atoms with van der Waals surface area (Å²) in [5.41, 5.74) is 8.91. The zero-order chi connectivity index (χ0) is 37.2. The van der Waals surface area contributed by atoms with Crippen LogP contribution in [0.4, 0.5) is 0 Å². The molecular weight excluding hydrogens is 638 g/mol. The van der Waals surface area contributed by atoms with Crippen molar-refractivity contribution in [3.63, 3.8) is 0 Å². The van der Waals surface area contributed by atoms with Crippen LogP contribution in [0, 0.1) is 11.8 Å². The van der Waals surface area contributed by atoms with Gasteiger partial charge in [0.15, 0.2) is 0 Å². The highest BCUT2D eigenvalue weighted by Crippen LogP contribution is 2.29. The summed E-state index contributed by atoms with van der Waals surface area (Å²) in [4.78, 5) is 46.4. The molecule has 11 nitrogen and oxygen atoms in total. The Balaban J connectivity index is 0.000000241. The van der Waals surface area contributed by atoms with Gasteiger partial charge in [-0.2, -0.15) is 0 Å². The van der Waals surface area contributed by atoms with Crippen LogP contribution in [0.2, 0.25) is 0 Å². The van der Waals surface area contributed by atoms with Gasteiger partial charge in [-0.1, -0.05) is 97.6 Å². The standard InChI is InChI=1S/C13H15NO3.C13H19NO.C8H11N.C5H6O4/c1-9(10-5-3-2-4-6-10)14-8-11(13(16)17)7-12(14)15;1-11(13-5-3-2-4-6-13)14-8-7-12(9-14)10-15;1-7(9)8-5-3-2-4-6-8;1-3(5(8)9)2-4(6)7/h2-6,9,11H,7-8H2,1H3,(H,16,17);2-6,11-12,15H,7-10H2,1H3;2-7H,9H2,1H3;1-2H2,(H,6,7)(H,8,9)/t9-,11-;11-,12-;7-;/m000./s1. The SMILES string of the molecule is C=C(CC(=O)O)C(=O)O.C[C@@H](c1ccccc1)N1CC[C@H](CO)C1.C[C@@H](c1ccccc1)N1C[C@@H](C(=O)O)CC1=O.C[C@H](N)c1ccccc1. The average Bonchev–Trinajstić information content (AvgIpc) is 3.76. The number of carbonyl (C=O) groups excluding carboxylic acids is 1. The third kappa shape index (κ3) is 13.9. The second kappa shape index (κ2) is 21.3. The van der Waals surface area contributed by atoms with Gasteiger partial charge in [0.2, 0.25) is 5.91 Å². The highest BCUT2D eigenvalue weighted by Gasteiger charge is 2.36. The summed E-state index contributed by atoms with van der Waals surface area (Å²) in [6.45, 7) is 12.0. The van der Waals surface area contributed by atoms with Gasteiger partial charge in [0.25, 0.3) is 0 Å². The molecule has 3 aromatic carbocycles. The molecule has 1 amide bonds. The molecule has 0 unspecified atom stereocenters. The van der Waals surface area contributed by atoms with Gasteiger partial charge >= 0.3 is 17.9 Å². The van der Waals surface area contributed by atoms with Crippen molar-refractivity contribution in [3.05, 3.63) is 120 Å². The largest absolute Gasteiger partial charge is 0.481 e. The van der Waals surface area contributed by atoms with Crippen LogP contribution in [0.25, 0.3) is 0 Å². The Morgan fingerprint density at radius 3 is 1.62 bits per heavy atom. The Hall–Kier alpha value is -4.84. The summed E-state index contributed by atoms with van der Waals surface area (Å²) in [7, 11) is 0. The molecule has 2 aliphatic rings. The number of likely N-dealkylation sites (tertiary alicyclic amines) is 2. The molecule has 5 rings (SSSR count). The minimum Gasteiger partial charge on any atom is -0.481 e. The molecule has 0 spiro atoms. The molecule has 0 bridgehead atoms. The first-order valence-electron chi connectivity index (χ1n) is 16.6. The van der Waals surface area contributed by atoms with Crippen molar-refractivity contribution in [1.82, 2.24) is 9.80 Å². The molecule has 0 saturated carbocycles. The van der Waals surface area contributed by atoms with Crippen molar-refractivity contribution < 1.29 is 39.6 Å². The van der Waals surface area contributed by atoms with Crippen molar-refractivity contribution in [2.24, 2.45) is 17.6 Å². The van der Waals surface area contributed by atoms with Crippen LogP contribution in [0.1, 0.15) is 74.8 Å². The van der Waals surface area contributed by atoms with E-state index in [4.69, 9.17) is 26.2 Å². The smallest absolute Gasteiger partial charge is 0.331 e. The van der Waals surface area contributed by atoms with Crippen molar-refractivity contribution in [3.8, 4) is 0 Å². The van der Waals surface area contributed by atoms with Crippen molar-refractivity contribution in [1.29, 1.82) is 0 Å². The van der Waals surface area contributed by atoms with Crippen LogP contribution in [0.3, 0.4) is 0 Å². The van der Waals surface area contributed by atoms with Crippen LogP contribution in [0.15, 0.2) is 103 Å². The Kier molecular flexibility index (Phi) is 17.6. The fourth-order valence-corrected chi connectivity index (χ4v) is 5.50. The zero-order valence-corrected chi connectivity index (χ0v) is 29.1. The highest BCUT2D eigenvalue weighted by molar-refractivity contribution is 5.91. The third-order valence-electron chi connectivity index (χ3n) is 8.65. The van der Waals surface area contributed by atoms with Gasteiger partial charge in [-0.3, -0.25) is 19.3 Å². The molecule has 2 heterocycles. The molecule has 3 aromatic rings. The first-order valence-corrected chi connectivity index (χ1v) is 16.6.